The molecule has 0 unspecified atom stereocenters. The predicted molar refractivity (Wildman–Crippen MR) is 79.9 cm³/mol. The molecule has 0 atom stereocenters. The highest BCUT2D eigenvalue weighted by molar-refractivity contribution is 9.10. The Morgan fingerprint density at radius 2 is 1.63 bits per heavy atom. The van der Waals surface area contributed by atoms with Crippen molar-refractivity contribution < 1.29 is 8.42 Å². The van der Waals surface area contributed by atoms with E-state index in [0.29, 0.717) is 19.6 Å². The summed E-state index contributed by atoms with van der Waals surface area (Å²) in [4.78, 5) is 0. The average Bonchev–Trinajstić information content (AvgIpc) is 2.67. The summed E-state index contributed by atoms with van der Waals surface area (Å²) >= 11 is 3.36. The summed E-state index contributed by atoms with van der Waals surface area (Å²) in [5.74, 6) is 0. The van der Waals surface area contributed by atoms with Gasteiger partial charge in [0.1, 0.15) is 0 Å². The van der Waals surface area contributed by atoms with E-state index < -0.39 is 10.2 Å². The first kappa shape index (κ1) is 15.0. The maximum atomic E-state index is 12.2. The lowest BCUT2D eigenvalue weighted by Gasteiger charge is -2.20. The molecular weight excluding hydrogens is 328 g/mol. The number of benzene rings is 1. The maximum absolute atomic E-state index is 12.2. The lowest BCUT2D eigenvalue weighted by Crippen LogP contribution is -2.40. The zero-order chi connectivity index (χ0) is 13.7. The summed E-state index contributed by atoms with van der Waals surface area (Å²) in [5.41, 5.74) is 0.960. The van der Waals surface area contributed by atoms with E-state index in [0.717, 1.165) is 35.7 Å². The van der Waals surface area contributed by atoms with Crippen LogP contribution in [-0.4, -0.2) is 25.8 Å². The van der Waals surface area contributed by atoms with Crippen LogP contribution < -0.4 is 4.72 Å². The van der Waals surface area contributed by atoms with Crippen LogP contribution in [0.3, 0.4) is 0 Å². The maximum Gasteiger partial charge on any atom is 0.279 e. The van der Waals surface area contributed by atoms with E-state index in [4.69, 9.17) is 0 Å². The molecule has 2 rings (SSSR count). The molecule has 0 spiro atoms. The van der Waals surface area contributed by atoms with Gasteiger partial charge < -0.3 is 0 Å². The molecule has 0 radical (unpaired) electrons. The normalized spacial score (nSPS) is 18.2. The molecule has 6 heteroatoms. The zero-order valence-electron chi connectivity index (χ0n) is 10.8. The fraction of sp³-hybridized carbons (Fsp3) is 0.538. The number of hydrogen-bond acceptors (Lipinski definition) is 2. The molecule has 0 aromatic heterocycles. The molecule has 1 aromatic carbocycles. The molecule has 1 saturated heterocycles. The highest BCUT2D eigenvalue weighted by atomic mass is 79.9. The lowest BCUT2D eigenvalue weighted by molar-refractivity contribution is 0.414. The van der Waals surface area contributed by atoms with Crippen molar-refractivity contribution in [1.82, 2.24) is 9.03 Å². The molecule has 1 aromatic rings. The molecule has 1 heterocycles. The van der Waals surface area contributed by atoms with Gasteiger partial charge in [0.25, 0.3) is 10.2 Å². The molecule has 4 nitrogen and oxygen atoms in total. The van der Waals surface area contributed by atoms with Crippen LogP contribution in [0.1, 0.15) is 31.2 Å². The molecule has 1 fully saturated rings. The van der Waals surface area contributed by atoms with Crippen LogP contribution in [0.4, 0.5) is 0 Å². The summed E-state index contributed by atoms with van der Waals surface area (Å²) in [6.07, 6.45) is 4.16. The van der Waals surface area contributed by atoms with Crippen molar-refractivity contribution in [2.24, 2.45) is 0 Å². The molecule has 1 aliphatic rings. The smallest absolute Gasteiger partial charge is 0.198 e. The average molecular weight is 347 g/mol. The standard InChI is InChI=1S/C13H19BrN2O2S/c14-13-7-5-12(6-8-13)11-15-19(17,18)16-9-3-1-2-4-10-16/h5-8,15H,1-4,9-11H2. The first-order valence-corrected chi connectivity index (χ1v) is 8.80. The third-order valence-electron chi connectivity index (χ3n) is 3.28. The molecule has 0 saturated carbocycles. The molecule has 106 valence electrons. The van der Waals surface area contributed by atoms with Crippen LogP contribution in [0.2, 0.25) is 0 Å². The van der Waals surface area contributed by atoms with E-state index in [1.165, 1.54) is 0 Å². The highest BCUT2D eigenvalue weighted by Crippen LogP contribution is 2.14. The van der Waals surface area contributed by atoms with Gasteiger partial charge in [0, 0.05) is 24.1 Å². The number of nitrogens with zero attached hydrogens (tertiary/aromatic N) is 1. The Morgan fingerprint density at radius 3 is 2.21 bits per heavy atom. The van der Waals surface area contributed by atoms with Crippen LogP contribution in [0.15, 0.2) is 28.7 Å². The van der Waals surface area contributed by atoms with Crippen molar-refractivity contribution in [3.63, 3.8) is 0 Å². The third kappa shape index (κ3) is 4.56. The van der Waals surface area contributed by atoms with Crippen LogP contribution in [0.5, 0.6) is 0 Å². The first-order valence-electron chi connectivity index (χ1n) is 6.57. The number of halogens is 1. The number of nitrogens with one attached hydrogen (secondary N) is 1. The topological polar surface area (TPSA) is 49.4 Å². The van der Waals surface area contributed by atoms with Crippen LogP contribution >= 0.6 is 15.9 Å². The van der Waals surface area contributed by atoms with Gasteiger partial charge in [-0.25, -0.2) is 0 Å². The third-order valence-corrected chi connectivity index (χ3v) is 5.36. The second-order valence-corrected chi connectivity index (χ2v) is 7.44. The van der Waals surface area contributed by atoms with E-state index in [9.17, 15) is 8.42 Å². The quantitative estimate of drug-likeness (QED) is 0.910. The van der Waals surface area contributed by atoms with Gasteiger partial charge in [-0.15, -0.1) is 0 Å². The van der Waals surface area contributed by atoms with E-state index in [1.54, 1.807) is 4.31 Å². The summed E-state index contributed by atoms with van der Waals surface area (Å²) in [5, 5.41) is 0. The summed E-state index contributed by atoms with van der Waals surface area (Å²) in [6.45, 7) is 1.61. The van der Waals surface area contributed by atoms with Crippen molar-refractivity contribution in [1.29, 1.82) is 0 Å². The van der Waals surface area contributed by atoms with E-state index in [1.807, 2.05) is 24.3 Å². The van der Waals surface area contributed by atoms with E-state index in [-0.39, 0.29) is 0 Å². The fourth-order valence-corrected chi connectivity index (χ4v) is 3.68. The Labute approximate surface area is 123 Å². The molecule has 1 aliphatic heterocycles. The minimum atomic E-state index is -3.34. The SMILES string of the molecule is O=S(=O)(NCc1ccc(Br)cc1)N1CCCCCC1. The Hall–Kier alpha value is -0.430. The Bertz CT molecular complexity index is 494. The van der Waals surface area contributed by atoms with Crippen molar-refractivity contribution in [3.05, 3.63) is 34.3 Å². The van der Waals surface area contributed by atoms with E-state index in [2.05, 4.69) is 20.7 Å². The molecular formula is C13H19BrN2O2S. The molecule has 1 N–H and O–H groups in total. The number of hydrogen-bond donors (Lipinski definition) is 1. The Kier molecular flexibility index (Phi) is 5.38. The first-order chi connectivity index (χ1) is 9.08. The van der Waals surface area contributed by atoms with Crippen molar-refractivity contribution >= 4 is 26.1 Å². The molecule has 19 heavy (non-hydrogen) atoms. The predicted octanol–water partition coefficient (Wildman–Crippen LogP) is 2.66. The molecule has 0 amide bonds. The van der Waals surface area contributed by atoms with Crippen LogP contribution in [0.25, 0.3) is 0 Å². The van der Waals surface area contributed by atoms with E-state index >= 15 is 0 Å². The van der Waals surface area contributed by atoms with Crippen LogP contribution in [-0.2, 0) is 16.8 Å². The highest BCUT2D eigenvalue weighted by Gasteiger charge is 2.22. The summed E-state index contributed by atoms with van der Waals surface area (Å²) in [6, 6.07) is 7.65. The van der Waals surface area contributed by atoms with Gasteiger partial charge in [0.05, 0.1) is 0 Å². The van der Waals surface area contributed by atoms with Crippen molar-refractivity contribution in [3.8, 4) is 0 Å². The molecule has 0 aliphatic carbocycles. The zero-order valence-corrected chi connectivity index (χ0v) is 13.2. The lowest BCUT2D eigenvalue weighted by atomic mass is 10.2. The van der Waals surface area contributed by atoms with Crippen molar-refractivity contribution in [2.75, 3.05) is 13.1 Å². The second kappa shape index (κ2) is 6.83. The fourth-order valence-electron chi connectivity index (χ4n) is 2.15. The largest absolute Gasteiger partial charge is 0.279 e. The Morgan fingerprint density at radius 1 is 1.05 bits per heavy atom. The number of rotatable bonds is 4. The van der Waals surface area contributed by atoms with Gasteiger partial charge in [-0.1, -0.05) is 40.9 Å². The van der Waals surface area contributed by atoms with Crippen molar-refractivity contribution in [2.45, 2.75) is 32.2 Å². The minimum Gasteiger partial charge on any atom is -0.198 e. The monoisotopic (exact) mass is 346 g/mol. The van der Waals surface area contributed by atoms with Crippen LogP contribution in [0, 0.1) is 0 Å². The summed E-state index contributed by atoms with van der Waals surface area (Å²) < 4.78 is 29.6. The summed E-state index contributed by atoms with van der Waals surface area (Å²) in [7, 11) is -3.34. The van der Waals surface area contributed by atoms with Gasteiger partial charge in [0.2, 0.25) is 0 Å². The second-order valence-electron chi connectivity index (χ2n) is 4.77. The van der Waals surface area contributed by atoms with Gasteiger partial charge in [-0.3, -0.25) is 0 Å². The Balaban J connectivity index is 1.94. The van der Waals surface area contributed by atoms with Gasteiger partial charge >= 0.3 is 0 Å². The van der Waals surface area contributed by atoms with Gasteiger partial charge in [-0.05, 0) is 30.5 Å². The minimum absolute atomic E-state index is 0.339. The van der Waals surface area contributed by atoms with Gasteiger partial charge in [-0.2, -0.15) is 17.4 Å². The van der Waals surface area contributed by atoms with Gasteiger partial charge in [0.15, 0.2) is 0 Å². The molecule has 0 bridgehead atoms.